The second-order valence-corrected chi connectivity index (χ2v) is 9.71. The molecule has 0 aliphatic carbocycles. The number of alkyl halides is 2. The van der Waals surface area contributed by atoms with Gasteiger partial charge in [0, 0.05) is 44.1 Å². The third kappa shape index (κ3) is 4.67. The van der Waals surface area contributed by atoms with Crippen LogP contribution in [0.25, 0.3) is 10.9 Å². The summed E-state index contributed by atoms with van der Waals surface area (Å²) in [6.07, 6.45) is 1.90. The highest BCUT2D eigenvalue weighted by molar-refractivity contribution is 5.92. The summed E-state index contributed by atoms with van der Waals surface area (Å²) in [6, 6.07) is 7.29. The number of ether oxygens (including phenoxy) is 1. The van der Waals surface area contributed by atoms with Gasteiger partial charge >= 0.3 is 0 Å². The number of hydrogen-bond acceptors (Lipinski definition) is 7. The van der Waals surface area contributed by atoms with Crippen molar-refractivity contribution in [2.45, 2.75) is 45.7 Å². The fourth-order valence-corrected chi connectivity index (χ4v) is 5.29. The average molecular weight is 483 g/mol. The topological polar surface area (TPSA) is 66.4 Å². The minimum atomic E-state index is -2.90. The summed E-state index contributed by atoms with van der Waals surface area (Å²) in [7, 11) is 0. The summed E-state index contributed by atoms with van der Waals surface area (Å²) >= 11 is 0. The first-order valence-electron chi connectivity index (χ1n) is 12.2. The first-order valence-corrected chi connectivity index (χ1v) is 12.2. The predicted octanol–water partition coefficient (Wildman–Crippen LogP) is 4.45. The number of morpholine rings is 1. The maximum absolute atomic E-state index is 14.1. The normalized spacial score (nSPS) is 20.1. The SMILES string of the molecule is Cc1c([C@@H](C)Nc2nnc(C)c3ncc(N4CCN5CCOC[C@@H]5C4)cc23)cccc1C(C)(F)F. The lowest BCUT2D eigenvalue weighted by atomic mass is 9.94. The van der Waals surface area contributed by atoms with Gasteiger partial charge in [-0.15, -0.1) is 5.10 Å². The van der Waals surface area contributed by atoms with Crippen molar-refractivity contribution in [1.29, 1.82) is 0 Å². The molecule has 9 heteroatoms. The number of piperazine rings is 1. The number of rotatable bonds is 5. The van der Waals surface area contributed by atoms with Gasteiger partial charge in [0.15, 0.2) is 5.82 Å². The van der Waals surface area contributed by atoms with Crippen molar-refractivity contribution in [3.63, 3.8) is 0 Å². The number of fused-ring (bicyclic) bond motifs is 2. The number of nitrogens with zero attached hydrogens (tertiary/aromatic N) is 5. The third-order valence-corrected chi connectivity index (χ3v) is 7.24. The molecule has 0 spiro atoms. The predicted molar refractivity (Wildman–Crippen MR) is 133 cm³/mol. The van der Waals surface area contributed by atoms with Crippen molar-refractivity contribution in [2.24, 2.45) is 0 Å². The molecule has 0 amide bonds. The van der Waals surface area contributed by atoms with Crippen LogP contribution in [0.2, 0.25) is 0 Å². The number of anilines is 2. The van der Waals surface area contributed by atoms with E-state index in [1.807, 2.05) is 26.1 Å². The van der Waals surface area contributed by atoms with E-state index >= 15 is 0 Å². The van der Waals surface area contributed by atoms with Crippen LogP contribution in [0, 0.1) is 13.8 Å². The van der Waals surface area contributed by atoms with Crippen LogP contribution in [0.5, 0.6) is 0 Å². The average Bonchev–Trinajstić information content (AvgIpc) is 2.84. The number of halogens is 2. The molecule has 5 rings (SSSR count). The lowest BCUT2D eigenvalue weighted by Crippen LogP contribution is -2.58. The first kappa shape index (κ1) is 23.8. The molecule has 0 saturated carbocycles. The lowest BCUT2D eigenvalue weighted by Gasteiger charge is -2.44. The molecule has 0 bridgehead atoms. The second-order valence-electron chi connectivity index (χ2n) is 9.71. The fraction of sp³-hybridized carbons (Fsp3) is 0.500. The number of aromatic nitrogens is 3. The van der Waals surface area contributed by atoms with Gasteiger partial charge in [-0.2, -0.15) is 5.10 Å². The van der Waals surface area contributed by atoms with Gasteiger partial charge in [0.1, 0.15) is 0 Å². The smallest absolute Gasteiger partial charge is 0.270 e. The van der Waals surface area contributed by atoms with Crippen LogP contribution < -0.4 is 10.2 Å². The molecule has 2 aliphatic rings. The van der Waals surface area contributed by atoms with Gasteiger partial charge in [0.25, 0.3) is 5.92 Å². The Morgan fingerprint density at radius 2 is 2.00 bits per heavy atom. The molecule has 1 N–H and O–H groups in total. The van der Waals surface area contributed by atoms with Crippen LogP contribution in [0.1, 0.15) is 42.3 Å². The molecule has 2 aromatic heterocycles. The zero-order valence-corrected chi connectivity index (χ0v) is 20.7. The summed E-state index contributed by atoms with van der Waals surface area (Å²) in [4.78, 5) is 9.58. The minimum absolute atomic E-state index is 0.0401. The Kier molecular flexibility index (Phi) is 6.31. The van der Waals surface area contributed by atoms with Crippen LogP contribution in [0.15, 0.2) is 30.5 Å². The van der Waals surface area contributed by atoms with Crippen molar-refractivity contribution < 1.29 is 13.5 Å². The number of pyridine rings is 1. The van der Waals surface area contributed by atoms with Crippen LogP contribution in [0.4, 0.5) is 20.3 Å². The molecular formula is C26H32F2N6O. The molecule has 35 heavy (non-hydrogen) atoms. The van der Waals surface area contributed by atoms with E-state index in [0.29, 0.717) is 17.4 Å². The van der Waals surface area contributed by atoms with Gasteiger partial charge in [0.2, 0.25) is 0 Å². The second kappa shape index (κ2) is 9.28. The lowest BCUT2D eigenvalue weighted by molar-refractivity contribution is -0.0116. The van der Waals surface area contributed by atoms with E-state index in [2.05, 4.69) is 31.4 Å². The molecule has 7 nitrogen and oxygen atoms in total. The molecule has 2 fully saturated rings. The summed E-state index contributed by atoms with van der Waals surface area (Å²) in [5, 5.41) is 13.0. The van der Waals surface area contributed by atoms with Crippen LogP contribution >= 0.6 is 0 Å². The highest BCUT2D eigenvalue weighted by Crippen LogP contribution is 2.35. The van der Waals surface area contributed by atoms with Crippen molar-refractivity contribution in [1.82, 2.24) is 20.1 Å². The van der Waals surface area contributed by atoms with Gasteiger partial charge in [0.05, 0.1) is 48.4 Å². The molecule has 1 aromatic carbocycles. The summed E-state index contributed by atoms with van der Waals surface area (Å²) in [6.45, 7) is 11.9. The monoisotopic (exact) mass is 482 g/mol. The number of benzene rings is 1. The molecule has 2 aliphatic heterocycles. The van der Waals surface area contributed by atoms with E-state index in [4.69, 9.17) is 9.72 Å². The molecule has 0 radical (unpaired) electrons. The zero-order chi connectivity index (χ0) is 24.7. The summed E-state index contributed by atoms with van der Waals surface area (Å²) in [5.41, 5.74) is 3.99. The van der Waals surface area contributed by atoms with E-state index < -0.39 is 5.92 Å². The highest BCUT2D eigenvalue weighted by atomic mass is 19.3. The van der Waals surface area contributed by atoms with Gasteiger partial charge in [-0.3, -0.25) is 9.88 Å². The summed E-state index contributed by atoms with van der Waals surface area (Å²) < 4.78 is 33.9. The van der Waals surface area contributed by atoms with Crippen molar-refractivity contribution in [3.05, 3.63) is 52.8 Å². The molecular weight excluding hydrogens is 450 g/mol. The van der Waals surface area contributed by atoms with E-state index in [1.54, 1.807) is 13.0 Å². The largest absolute Gasteiger partial charge is 0.378 e. The Morgan fingerprint density at radius 1 is 1.17 bits per heavy atom. The maximum Gasteiger partial charge on any atom is 0.270 e. The minimum Gasteiger partial charge on any atom is -0.378 e. The first-order chi connectivity index (χ1) is 16.7. The quantitative estimate of drug-likeness (QED) is 0.576. The Hall–Kier alpha value is -2.91. The Labute approximate surface area is 204 Å². The zero-order valence-electron chi connectivity index (χ0n) is 20.7. The van der Waals surface area contributed by atoms with Gasteiger partial charge in [-0.05, 0) is 38.0 Å². The molecule has 0 unspecified atom stereocenters. The van der Waals surface area contributed by atoms with Crippen molar-refractivity contribution in [3.8, 4) is 0 Å². The van der Waals surface area contributed by atoms with Crippen LogP contribution in [0.3, 0.4) is 0 Å². The Morgan fingerprint density at radius 3 is 2.80 bits per heavy atom. The molecule has 186 valence electrons. The highest BCUT2D eigenvalue weighted by Gasteiger charge is 2.30. The Bertz CT molecular complexity index is 1230. The number of aryl methyl sites for hydroxylation is 1. The molecule has 2 saturated heterocycles. The summed E-state index contributed by atoms with van der Waals surface area (Å²) in [5.74, 6) is -2.30. The third-order valence-electron chi connectivity index (χ3n) is 7.24. The van der Waals surface area contributed by atoms with E-state index in [1.165, 1.54) is 6.07 Å². The van der Waals surface area contributed by atoms with Crippen LogP contribution in [-0.2, 0) is 10.7 Å². The molecule has 3 aromatic rings. The maximum atomic E-state index is 14.1. The van der Waals surface area contributed by atoms with Crippen molar-refractivity contribution in [2.75, 3.05) is 49.6 Å². The molecule has 2 atom stereocenters. The Balaban J connectivity index is 1.45. The van der Waals surface area contributed by atoms with Crippen molar-refractivity contribution >= 4 is 22.4 Å². The van der Waals surface area contributed by atoms with Crippen LogP contribution in [-0.4, -0.2) is 65.5 Å². The number of hydrogen-bond donors (Lipinski definition) is 1. The van der Waals surface area contributed by atoms with Gasteiger partial charge in [-0.25, -0.2) is 8.78 Å². The van der Waals surface area contributed by atoms with Gasteiger partial charge < -0.3 is 15.0 Å². The standard InChI is InChI=1S/C26H32F2N6O/c1-16-21(6-5-7-23(16)26(4,27)28)17(2)30-25-22-12-19(13-29-24(22)18(3)31-32-25)34-9-8-33-10-11-35-15-20(33)14-34/h5-7,12-13,17,20H,8-11,14-15H2,1-4H3,(H,30,32)/t17-,20+/m1/s1. The van der Waals surface area contributed by atoms with E-state index in [-0.39, 0.29) is 11.6 Å². The molecule has 4 heterocycles. The van der Waals surface area contributed by atoms with Gasteiger partial charge in [-0.1, -0.05) is 18.2 Å². The van der Waals surface area contributed by atoms with E-state index in [0.717, 1.165) is 74.2 Å². The van der Waals surface area contributed by atoms with E-state index in [9.17, 15) is 8.78 Å². The fourth-order valence-electron chi connectivity index (χ4n) is 5.29. The number of nitrogens with one attached hydrogen (secondary N) is 1.